The monoisotopic (exact) mass is 139 g/mol. The van der Waals surface area contributed by atoms with E-state index in [9.17, 15) is 0 Å². The van der Waals surface area contributed by atoms with Gasteiger partial charge in [-0.15, -0.1) is 6.58 Å². The van der Waals surface area contributed by atoms with Gasteiger partial charge in [0.2, 0.25) is 0 Å². The molecule has 2 N–H and O–H groups in total. The second-order valence-corrected chi connectivity index (χ2v) is 2.82. The molecule has 0 heterocycles. The Morgan fingerprint density at radius 3 is 2.40 bits per heavy atom. The van der Waals surface area contributed by atoms with Crippen LogP contribution < -0.4 is 5.73 Å². The zero-order valence-corrected chi connectivity index (χ0v) is 6.88. The molecule has 10 heavy (non-hydrogen) atoms. The zero-order chi connectivity index (χ0) is 7.98. The molecule has 0 aromatic rings. The molecule has 1 nitrogen and oxygen atoms in total. The molecule has 0 aliphatic carbocycles. The molecule has 0 bridgehead atoms. The fraction of sp³-hybridized carbons (Fsp3) is 0.556. The predicted octanol–water partition coefficient (Wildman–Crippen LogP) is 2.10. The second kappa shape index (κ2) is 5.24. The molecule has 58 valence electrons. The van der Waals surface area contributed by atoms with E-state index in [1.807, 2.05) is 12.2 Å². The number of hydrogen-bond acceptors (Lipinski definition) is 1. The van der Waals surface area contributed by atoms with Gasteiger partial charge in [0.05, 0.1) is 0 Å². The third-order valence-electron chi connectivity index (χ3n) is 1.18. The van der Waals surface area contributed by atoms with E-state index in [-0.39, 0.29) is 6.04 Å². The molecule has 1 atom stereocenters. The Hall–Kier alpha value is -0.560. The minimum absolute atomic E-state index is 0.153. The van der Waals surface area contributed by atoms with Crippen molar-refractivity contribution in [2.45, 2.75) is 26.3 Å². The van der Waals surface area contributed by atoms with E-state index in [1.54, 1.807) is 0 Å². The molecule has 0 amide bonds. The predicted molar refractivity (Wildman–Crippen MR) is 46.8 cm³/mol. The van der Waals surface area contributed by atoms with E-state index in [2.05, 4.69) is 26.5 Å². The van der Waals surface area contributed by atoms with Gasteiger partial charge in [-0.1, -0.05) is 32.1 Å². The number of hydrogen-bond donors (Lipinski definition) is 1. The summed E-state index contributed by atoms with van der Waals surface area (Å²) < 4.78 is 0. The van der Waals surface area contributed by atoms with Crippen molar-refractivity contribution in [3.05, 3.63) is 24.8 Å². The second-order valence-electron chi connectivity index (χ2n) is 2.82. The molecular formula is C9H17N. The third kappa shape index (κ3) is 5.57. The summed E-state index contributed by atoms with van der Waals surface area (Å²) >= 11 is 0. The van der Waals surface area contributed by atoms with Crippen LogP contribution in [-0.2, 0) is 0 Å². The molecule has 0 aliphatic rings. The SMILES string of the molecule is C=CCC(N)/C=C\C(C)C. The molecule has 0 fully saturated rings. The minimum atomic E-state index is 0.153. The first kappa shape index (κ1) is 9.44. The molecule has 0 radical (unpaired) electrons. The van der Waals surface area contributed by atoms with Gasteiger partial charge in [0, 0.05) is 6.04 Å². The summed E-state index contributed by atoms with van der Waals surface area (Å²) in [6.07, 6.45) is 6.86. The topological polar surface area (TPSA) is 26.0 Å². The van der Waals surface area contributed by atoms with Gasteiger partial charge in [-0.05, 0) is 12.3 Å². The molecular weight excluding hydrogens is 122 g/mol. The van der Waals surface area contributed by atoms with Crippen molar-refractivity contribution in [1.82, 2.24) is 0 Å². The van der Waals surface area contributed by atoms with E-state index < -0.39 is 0 Å². The highest BCUT2D eigenvalue weighted by Crippen LogP contribution is 1.97. The van der Waals surface area contributed by atoms with Crippen LogP contribution in [0.4, 0.5) is 0 Å². The summed E-state index contributed by atoms with van der Waals surface area (Å²) in [6, 6.07) is 0.153. The molecule has 0 aromatic carbocycles. The van der Waals surface area contributed by atoms with E-state index in [0.29, 0.717) is 5.92 Å². The number of nitrogens with two attached hydrogens (primary N) is 1. The molecule has 0 aromatic heterocycles. The molecule has 0 spiro atoms. The smallest absolute Gasteiger partial charge is 0.0258 e. The Morgan fingerprint density at radius 2 is 2.00 bits per heavy atom. The summed E-state index contributed by atoms with van der Waals surface area (Å²) in [5.74, 6) is 0.593. The molecule has 0 saturated heterocycles. The van der Waals surface area contributed by atoms with Crippen molar-refractivity contribution in [3.8, 4) is 0 Å². The van der Waals surface area contributed by atoms with Crippen molar-refractivity contribution < 1.29 is 0 Å². The Balaban J connectivity index is 3.54. The van der Waals surface area contributed by atoms with Crippen LogP contribution in [0.15, 0.2) is 24.8 Å². The largest absolute Gasteiger partial charge is 0.324 e. The maximum atomic E-state index is 5.67. The zero-order valence-electron chi connectivity index (χ0n) is 6.88. The quantitative estimate of drug-likeness (QED) is 0.593. The van der Waals surface area contributed by atoms with Crippen molar-refractivity contribution >= 4 is 0 Å². The maximum absolute atomic E-state index is 5.67. The normalized spacial score (nSPS) is 14.4. The Morgan fingerprint density at radius 1 is 1.40 bits per heavy atom. The average Bonchev–Trinajstić information content (AvgIpc) is 1.85. The van der Waals surface area contributed by atoms with E-state index >= 15 is 0 Å². The summed E-state index contributed by atoms with van der Waals surface area (Å²) in [4.78, 5) is 0. The van der Waals surface area contributed by atoms with Gasteiger partial charge >= 0.3 is 0 Å². The lowest BCUT2D eigenvalue weighted by molar-refractivity contribution is 0.787. The highest BCUT2D eigenvalue weighted by molar-refractivity contribution is 4.95. The highest BCUT2D eigenvalue weighted by atomic mass is 14.6. The van der Waals surface area contributed by atoms with Gasteiger partial charge in [0.1, 0.15) is 0 Å². The Kier molecular flexibility index (Phi) is 4.95. The van der Waals surface area contributed by atoms with Crippen LogP contribution in [0.25, 0.3) is 0 Å². The van der Waals surface area contributed by atoms with E-state index in [0.717, 1.165) is 6.42 Å². The lowest BCUT2D eigenvalue weighted by Gasteiger charge is -2.01. The first-order valence-corrected chi connectivity index (χ1v) is 3.71. The maximum Gasteiger partial charge on any atom is 0.0258 e. The van der Waals surface area contributed by atoms with Crippen molar-refractivity contribution in [1.29, 1.82) is 0 Å². The van der Waals surface area contributed by atoms with Crippen LogP contribution >= 0.6 is 0 Å². The Bertz CT molecular complexity index is 114. The molecule has 1 unspecified atom stereocenters. The van der Waals surface area contributed by atoms with Gasteiger partial charge in [-0.3, -0.25) is 0 Å². The summed E-state index contributed by atoms with van der Waals surface area (Å²) in [7, 11) is 0. The van der Waals surface area contributed by atoms with Crippen LogP contribution in [0.1, 0.15) is 20.3 Å². The number of allylic oxidation sites excluding steroid dienone is 1. The average molecular weight is 139 g/mol. The van der Waals surface area contributed by atoms with Gasteiger partial charge < -0.3 is 5.73 Å². The minimum Gasteiger partial charge on any atom is -0.324 e. The van der Waals surface area contributed by atoms with Crippen LogP contribution in [0, 0.1) is 5.92 Å². The lowest BCUT2D eigenvalue weighted by atomic mass is 10.1. The van der Waals surface area contributed by atoms with Crippen LogP contribution in [0.5, 0.6) is 0 Å². The van der Waals surface area contributed by atoms with E-state index in [4.69, 9.17) is 5.73 Å². The Labute approximate surface area is 63.6 Å². The van der Waals surface area contributed by atoms with Crippen LogP contribution in [0.2, 0.25) is 0 Å². The van der Waals surface area contributed by atoms with Crippen LogP contribution in [0.3, 0.4) is 0 Å². The van der Waals surface area contributed by atoms with Crippen molar-refractivity contribution in [2.24, 2.45) is 11.7 Å². The third-order valence-corrected chi connectivity index (χ3v) is 1.18. The van der Waals surface area contributed by atoms with Crippen molar-refractivity contribution in [2.75, 3.05) is 0 Å². The lowest BCUT2D eigenvalue weighted by Crippen LogP contribution is -2.15. The van der Waals surface area contributed by atoms with Gasteiger partial charge in [-0.25, -0.2) is 0 Å². The summed E-state index contributed by atoms with van der Waals surface area (Å²) in [5, 5.41) is 0. The van der Waals surface area contributed by atoms with E-state index in [1.165, 1.54) is 0 Å². The van der Waals surface area contributed by atoms with Gasteiger partial charge in [0.15, 0.2) is 0 Å². The summed E-state index contributed by atoms with van der Waals surface area (Å²) in [6.45, 7) is 7.89. The van der Waals surface area contributed by atoms with Gasteiger partial charge in [0.25, 0.3) is 0 Å². The fourth-order valence-corrected chi connectivity index (χ4v) is 0.636. The van der Waals surface area contributed by atoms with Crippen molar-refractivity contribution in [3.63, 3.8) is 0 Å². The standard InChI is InChI=1S/C9H17N/c1-4-5-9(10)7-6-8(2)3/h4,6-9H,1,5,10H2,2-3H3/b7-6-. The molecule has 0 saturated carbocycles. The van der Waals surface area contributed by atoms with Crippen LogP contribution in [-0.4, -0.2) is 6.04 Å². The molecule has 0 rings (SSSR count). The number of rotatable bonds is 4. The first-order chi connectivity index (χ1) is 4.66. The van der Waals surface area contributed by atoms with Gasteiger partial charge in [-0.2, -0.15) is 0 Å². The first-order valence-electron chi connectivity index (χ1n) is 3.71. The molecule has 1 heteroatoms. The highest BCUT2D eigenvalue weighted by Gasteiger charge is 1.91. The fourth-order valence-electron chi connectivity index (χ4n) is 0.636. The molecule has 0 aliphatic heterocycles. The summed E-state index contributed by atoms with van der Waals surface area (Å²) in [5.41, 5.74) is 5.67.